The summed E-state index contributed by atoms with van der Waals surface area (Å²) in [6.45, 7) is 9.89. The summed E-state index contributed by atoms with van der Waals surface area (Å²) in [7, 11) is 0.966. The lowest BCUT2D eigenvalue weighted by atomic mass is 9.79. The second-order valence-corrected chi connectivity index (χ2v) is 6.14. The van der Waals surface area contributed by atoms with E-state index in [4.69, 9.17) is 14.0 Å². The summed E-state index contributed by atoms with van der Waals surface area (Å²) in [6.07, 6.45) is -1.05. The number of rotatable bonds is 3. The van der Waals surface area contributed by atoms with Crippen LogP contribution < -0.4 is 5.46 Å². The van der Waals surface area contributed by atoms with Crippen molar-refractivity contribution in [3.8, 4) is 0 Å². The molecule has 0 aliphatic carbocycles. The molecular weight excluding hydrogens is 257 g/mol. The monoisotopic (exact) mass is 279 g/mol. The highest BCUT2D eigenvalue weighted by Gasteiger charge is 2.51. The maximum Gasteiger partial charge on any atom is 0.494 e. The summed E-state index contributed by atoms with van der Waals surface area (Å²) >= 11 is 0. The lowest BCUT2D eigenvalue weighted by molar-refractivity contribution is -0.0799. The van der Waals surface area contributed by atoms with Crippen molar-refractivity contribution >= 4 is 12.6 Å². The Balaban J connectivity index is 2.33. The van der Waals surface area contributed by atoms with Crippen molar-refractivity contribution in [2.75, 3.05) is 7.11 Å². The van der Waals surface area contributed by atoms with Crippen molar-refractivity contribution in [3.63, 3.8) is 0 Å². The molecule has 0 amide bonds. The molecule has 20 heavy (non-hydrogen) atoms. The number of nitrogens with zero attached hydrogens (tertiary/aromatic N) is 1. The Morgan fingerprint density at radius 2 is 1.75 bits per heavy atom. The first-order chi connectivity index (χ1) is 9.16. The molecule has 0 bridgehead atoms. The van der Waals surface area contributed by atoms with Gasteiger partial charge in [-0.25, -0.2) is 0 Å². The Morgan fingerprint density at radius 3 is 2.25 bits per heavy atom. The van der Waals surface area contributed by atoms with Gasteiger partial charge in [0.1, 0.15) is 0 Å². The number of methoxy groups -OCH3 is 1. The average Bonchev–Trinajstić information content (AvgIpc) is 2.57. The largest absolute Gasteiger partial charge is 0.494 e. The van der Waals surface area contributed by atoms with Crippen LogP contribution in [0.5, 0.6) is 0 Å². The van der Waals surface area contributed by atoms with E-state index in [1.54, 1.807) is 6.07 Å². The smallest absolute Gasteiger partial charge is 0.399 e. The fourth-order valence-electron chi connectivity index (χ4n) is 2.08. The number of hydrogen-bond acceptors (Lipinski definition) is 5. The second-order valence-electron chi connectivity index (χ2n) is 6.14. The van der Waals surface area contributed by atoms with E-state index >= 15 is 0 Å². The topological polar surface area (TPSA) is 60.8 Å². The van der Waals surface area contributed by atoms with Crippen molar-refractivity contribution in [1.82, 2.24) is 4.98 Å². The fourth-order valence-corrected chi connectivity index (χ4v) is 2.08. The molecule has 2 heterocycles. The first kappa shape index (κ1) is 15.4. The van der Waals surface area contributed by atoms with Gasteiger partial charge in [0.05, 0.1) is 16.9 Å². The minimum absolute atomic E-state index is 0.394. The van der Waals surface area contributed by atoms with Crippen molar-refractivity contribution < 1.29 is 19.2 Å². The number of ether oxygens (including phenoxy) is 1. The molecule has 110 valence electrons. The van der Waals surface area contributed by atoms with Gasteiger partial charge in [-0.2, -0.15) is 0 Å². The Morgan fingerprint density at radius 1 is 1.20 bits per heavy atom. The number of aromatic nitrogens is 1. The summed E-state index contributed by atoms with van der Waals surface area (Å²) in [4.78, 5) is 4.26. The molecule has 6 heteroatoms. The lowest BCUT2D eigenvalue weighted by Crippen LogP contribution is -2.41. The molecule has 1 aliphatic rings. The van der Waals surface area contributed by atoms with Gasteiger partial charge in [0, 0.05) is 12.8 Å². The third kappa shape index (κ3) is 2.74. The predicted octanol–water partition coefficient (Wildman–Crippen LogP) is 1.33. The first-order valence-electron chi connectivity index (χ1n) is 6.71. The zero-order chi connectivity index (χ0) is 15.1. The molecule has 0 spiro atoms. The van der Waals surface area contributed by atoms with Gasteiger partial charge >= 0.3 is 7.12 Å². The third-order valence-corrected chi connectivity index (χ3v) is 4.00. The van der Waals surface area contributed by atoms with Crippen LogP contribution in [0, 0.1) is 6.92 Å². The number of aliphatic hydroxyl groups is 1. The molecule has 2 rings (SSSR count). The van der Waals surface area contributed by atoms with Crippen LogP contribution in [0.2, 0.25) is 0 Å². The van der Waals surface area contributed by atoms with Crippen LogP contribution in [0.25, 0.3) is 0 Å². The molecule has 1 aromatic heterocycles. The van der Waals surface area contributed by atoms with E-state index in [1.807, 2.05) is 40.7 Å². The van der Waals surface area contributed by atoms with Gasteiger partial charge in [0.25, 0.3) is 0 Å². The number of aliphatic hydroxyl groups excluding tert-OH is 1. The van der Waals surface area contributed by atoms with Gasteiger partial charge in [-0.05, 0) is 52.2 Å². The van der Waals surface area contributed by atoms with Crippen LogP contribution in [-0.2, 0) is 14.0 Å². The SMILES string of the molecule is COC(O)c1cc(B2OC(C)(C)C(C)(C)O2)cc(C)n1. The highest BCUT2D eigenvalue weighted by atomic mass is 16.7. The van der Waals surface area contributed by atoms with Crippen molar-refractivity contribution in [2.45, 2.75) is 52.1 Å². The van der Waals surface area contributed by atoms with Gasteiger partial charge in [0.15, 0.2) is 6.29 Å². The van der Waals surface area contributed by atoms with E-state index in [0.717, 1.165) is 11.2 Å². The van der Waals surface area contributed by atoms with Crippen LogP contribution in [-0.4, -0.2) is 35.5 Å². The molecule has 1 aliphatic heterocycles. The van der Waals surface area contributed by atoms with E-state index in [1.165, 1.54) is 7.11 Å². The van der Waals surface area contributed by atoms with E-state index in [-0.39, 0.29) is 0 Å². The maximum atomic E-state index is 9.76. The molecule has 5 nitrogen and oxygen atoms in total. The molecule has 1 fully saturated rings. The molecule has 1 aromatic rings. The average molecular weight is 279 g/mol. The Kier molecular flexibility index (Phi) is 3.95. The minimum atomic E-state index is -1.05. The van der Waals surface area contributed by atoms with Gasteiger partial charge < -0.3 is 19.2 Å². The summed E-state index contributed by atoms with van der Waals surface area (Å²) in [5.74, 6) is 0. The van der Waals surface area contributed by atoms with E-state index < -0.39 is 24.6 Å². The fraction of sp³-hybridized carbons (Fsp3) is 0.643. The van der Waals surface area contributed by atoms with E-state index in [9.17, 15) is 5.11 Å². The Labute approximate surface area is 120 Å². The van der Waals surface area contributed by atoms with Crippen molar-refractivity contribution in [1.29, 1.82) is 0 Å². The molecule has 1 saturated heterocycles. The van der Waals surface area contributed by atoms with Gasteiger partial charge in [-0.3, -0.25) is 4.98 Å². The molecule has 0 radical (unpaired) electrons. The Hall–Kier alpha value is -0.945. The van der Waals surface area contributed by atoms with Crippen LogP contribution in [0.1, 0.15) is 45.4 Å². The molecule has 0 saturated carbocycles. The van der Waals surface area contributed by atoms with Crippen molar-refractivity contribution in [3.05, 3.63) is 23.5 Å². The summed E-state index contributed by atoms with van der Waals surface area (Å²) in [5, 5.41) is 9.76. The molecular formula is C14H22BNO4. The van der Waals surface area contributed by atoms with Gasteiger partial charge in [-0.1, -0.05) is 0 Å². The quantitative estimate of drug-likeness (QED) is 0.668. The lowest BCUT2D eigenvalue weighted by Gasteiger charge is -2.32. The second kappa shape index (κ2) is 5.11. The van der Waals surface area contributed by atoms with Crippen LogP contribution in [0.3, 0.4) is 0 Å². The van der Waals surface area contributed by atoms with Crippen molar-refractivity contribution in [2.24, 2.45) is 0 Å². The standard InChI is InChI=1S/C14H22BNO4/c1-9-7-10(8-11(16-9)12(17)18-6)15-19-13(2,3)14(4,5)20-15/h7-8,12,17H,1-6H3. The zero-order valence-corrected chi connectivity index (χ0v) is 12.9. The molecule has 0 aromatic carbocycles. The summed E-state index contributed by atoms with van der Waals surface area (Å²) in [6, 6.07) is 3.65. The summed E-state index contributed by atoms with van der Waals surface area (Å²) < 4.78 is 16.9. The van der Waals surface area contributed by atoms with Crippen LogP contribution in [0.15, 0.2) is 12.1 Å². The van der Waals surface area contributed by atoms with Crippen LogP contribution >= 0.6 is 0 Å². The number of hydrogen-bond donors (Lipinski definition) is 1. The highest BCUT2D eigenvalue weighted by Crippen LogP contribution is 2.36. The zero-order valence-electron chi connectivity index (χ0n) is 12.9. The molecule has 1 N–H and O–H groups in total. The third-order valence-electron chi connectivity index (χ3n) is 4.00. The predicted molar refractivity (Wildman–Crippen MR) is 76.7 cm³/mol. The Bertz CT molecular complexity index is 488. The summed E-state index contributed by atoms with van der Waals surface area (Å²) in [5.41, 5.74) is 1.28. The maximum absolute atomic E-state index is 9.76. The van der Waals surface area contributed by atoms with E-state index in [2.05, 4.69) is 4.98 Å². The first-order valence-corrected chi connectivity index (χ1v) is 6.71. The number of aryl methyl sites for hydroxylation is 1. The van der Waals surface area contributed by atoms with Gasteiger partial charge in [0.2, 0.25) is 0 Å². The van der Waals surface area contributed by atoms with Crippen LogP contribution in [0.4, 0.5) is 0 Å². The normalized spacial score (nSPS) is 22.1. The number of pyridine rings is 1. The molecule has 1 unspecified atom stereocenters. The minimum Gasteiger partial charge on any atom is -0.399 e. The highest BCUT2D eigenvalue weighted by molar-refractivity contribution is 6.62. The van der Waals surface area contributed by atoms with E-state index in [0.29, 0.717) is 5.69 Å². The molecule has 1 atom stereocenters. The van der Waals surface area contributed by atoms with Gasteiger partial charge in [-0.15, -0.1) is 0 Å².